The van der Waals surface area contributed by atoms with Gasteiger partial charge in [-0.25, -0.2) is 8.57 Å². The molecule has 2 rings (SSSR count). The van der Waals surface area contributed by atoms with Crippen LogP contribution in [0.5, 0.6) is 0 Å². The number of allylic oxidation sites excluding steroid dienone is 1. The van der Waals surface area contributed by atoms with Gasteiger partial charge in [-0.1, -0.05) is 30.4 Å². The Kier molecular flexibility index (Phi) is 3.88. The Balaban J connectivity index is 2.33. The Bertz CT molecular complexity index is 544. The maximum absolute atomic E-state index is 12.9. The molecule has 3 nitrogen and oxygen atoms in total. The number of hydrogen-bond donors (Lipinski definition) is 1. The normalized spacial score (nSPS) is 26.6. The lowest BCUT2D eigenvalue weighted by atomic mass is 9.93. The first-order valence-electron chi connectivity index (χ1n) is 6.16. The molecule has 0 amide bonds. The third kappa shape index (κ3) is 2.82. The van der Waals surface area contributed by atoms with Crippen molar-refractivity contribution < 1.29 is 9.32 Å². The Morgan fingerprint density at radius 1 is 1.39 bits per heavy atom. The summed E-state index contributed by atoms with van der Waals surface area (Å²) in [6.45, 7) is 0. The molecule has 0 saturated carbocycles. The predicted octanol–water partition coefficient (Wildman–Crippen LogP) is 2.61. The highest BCUT2D eigenvalue weighted by Gasteiger charge is 2.31. The molecule has 4 heteroatoms. The molecule has 1 aromatic carbocycles. The molecule has 0 aromatic heterocycles. The summed E-state index contributed by atoms with van der Waals surface area (Å²) < 4.78 is 16.9. The van der Waals surface area contributed by atoms with Gasteiger partial charge >= 0.3 is 0 Å². The van der Waals surface area contributed by atoms with Crippen LogP contribution in [0.1, 0.15) is 19.3 Å². The van der Waals surface area contributed by atoms with Crippen molar-refractivity contribution in [2.45, 2.75) is 29.8 Å². The summed E-state index contributed by atoms with van der Waals surface area (Å²) in [5.74, 6) is 0.178. The maximum Gasteiger partial charge on any atom is 0.0954 e. The molecule has 0 aliphatic heterocycles. The first-order chi connectivity index (χ1) is 8.58. The zero-order valence-electron chi connectivity index (χ0n) is 10.6. The van der Waals surface area contributed by atoms with E-state index in [-0.39, 0.29) is 5.75 Å². The molecular weight excluding hydrogens is 246 g/mol. The summed E-state index contributed by atoms with van der Waals surface area (Å²) >= 11 is 0. The highest BCUT2D eigenvalue weighted by molar-refractivity contribution is 7.93. The second-order valence-corrected chi connectivity index (χ2v) is 7.08. The highest BCUT2D eigenvalue weighted by atomic mass is 32.2. The van der Waals surface area contributed by atoms with Crippen molar-refractivity contribution in [1.82, 2.24) is 0 Å². The number of benzene rings is 1. The van der Waals surface area contributed by atoms with E-state index in [0.717, 1.165) is 12.8 Å². The Morgan fingerprint density at radius 3 is 2.67 bits per heavy atom. The molecular formula is C14H19NO2S. The van der Waals surface area contributed by atoms with Crippen molar-refractivity contribution in [3.8, 4) is 0 Å². The largest absolute Gasteiger partial charge is 0.385 e. The van der Waals surface area contributed by atoms with Gasteiger partial charge in [0, 0.05) is 11.9 Å². The van der Waals surface area contributed by atoms with Crippen LogP contribution in [0.4, 0.5) is 0 Å². The van der Waals surface area contributed by atoms with E-state index in [9.17, 15) is 9.32 Å². The van der Waals surface area contributed by atoms with Gasteiger partial charge in [-0.15, -0.1) is 0 Å². The van der Waals surface area contributed by atoms with Gasteiger partial charge in [-0.05, 0) is 31.4 Å². The van der Waals surface area contributed by atoms with E-state index in [4.69, 9.17) is 0 Å². The fourth-order valence-electron chi connectivity index (χ4n) is 2.26. The summed E-state index contributed by atoms with van der Waals surface area (Å²) in [6, 6.07) is 9.20. The van der Waals surface area contributed by atoms with Crippen LogP contribution < -0.4 is 0 Å². The standard InChI is InChI=1S/C14H19NO2S/c1-15-18(17,13-8-4-2-5-9-13)12-14(16)10-6-3-7-11-14/h2,4-6,8-10,16H,3,7,11-12H2,1H3. The molecule has 2 unspecified atom stereocenters. The number of nitrogens with zero attached hydrogens (tertiary/aromatic N) is 1. The van der Waals surface area contributed by atoms with Crippen molar-refractivity contribution in [3.05, 3.63) is 42.5 Å². The maximum atomic E-state index is 12.9. The fourth-order valence-corrected chi connectivity index (χ4v) is 4.26. The van der Waals surface area contributed by atoms with Crippen LogP contribution in [0.3, 0.4) is 0 Å². The molecule has 0 fully saturated rings. The van der Waals surface area contributed by atoms with Crippen LogP contribution in [0.15, 0.2) is 51.7 Å². The molecule has 1 N–H and O–H groups in total. The third-order valence-electron chi connectivity index (χ3n) is 3.26. The van der Waals surface area contributed by atoms with Crippen LogP contribution in [0, 0.1) is 0 Å². The van der Waals surface area contributed by atoms with Crippen molar-refractivity contribution >= 4 is 9.73 Å². The average molecular weight is 265 g/mol. The van der Waals surface area contributed by atoms with E-state index in [0.29, 0.717) is 11.3 Å². The van der Waals surface area contributed by atoms with Crippen LogP contribution in [0.25, 0.3) is 0 Å². The molecule has 1 aliphatic carbocycles. The number of hydrogen-bond acceptors (Lipinski definition) is 3. The van der Waals surface area contributed by atoms with Crippen LogP contribution in [0.2, 0.25) is 0 Å². The van der Waals surface area contributed by atoms with Gasteiger partial charge in [0.25, 0.3) is 0 Å². The molecule has 0 bridgehead atoms. The van der Waals surface area contributed by atoms with Crippen molar-refractivity contribution in [3.63, 3.8) is 0 Å². The molecule has 18 heavy (non-hydrogen) atoms. The molecule has 0 radical (unpaired) electrons. The first kappa shape index (κ1) is 13.3. The van der Waals surface area contributed by atoms with Crippen LogP contribution in [-0.2, 0) is 9.73 Å². The lowest BCUT2D eigenvalue weighted by Gasteiger charge is -2.28. The van der Waals surface area contributed by atoms with Crippen LogP contribution >= 0.6 is 0 Å². The quantitative estimate of drug-likeness (QED) is 0.854. The molecule has 0 heterocycles. The van der Waals surface area contributed by atoms with E-state index < -0.39 is 15.3 Å². The molecule has 2 atom stereocenters. The zero-order chi connectivity index (χ0) is 13.1. The lowest BCUT2D eigenvalue weighted by molar-refractivity contribution is 0.0985. The molecule has 1 aromatic rings. The van der Waals surface area contributed by atoms with Crippen molar-refractivity contribution in [2.24, 2.45) is 4.36 Å². The fraction of sp³-hybridized carbons (Fsp3) is 0.429. The SMILES string of the molecule is CN=S(=O)(CC1(O)C=CCCC1)c1ccccc1. The minimum atomic E-state index is -2.54. The Morgan fingerprint density at radius 2 is 2.11 bits per heavy atom. The third-order valence-corrected chi connectivity index (χ3v) is 5.75. The van der Waals surface area contributed by atoms with E-state index in [2.05, 4.69) is 4.36 Å². The smallest absolute Gasteiger partial charge is 0.0954 e. The average Bonchev–Trinajstić information content (AvgIpc) is 2.40. The highest BCUT2D eigenvalue weighted by Crippen LogP contribution is 2.27. The molecule has 0 saturated heterocycles. The van der Waals surface area contributed by atoms with E-state index in [1.807, 2.05) is 36.4 Å². The molecule has 98 valence electrons. The van der Waals surface area contributed by atoms with E-state index >= 15 is 0 Å². The molecule has 0 spiro atoms. The second kappa shape index (κ2) is 5.24. The summed E-state index contributed by atoms with van der Waals surface area (Å²) in [7, 11) is -0.979. The van der Waals surface area contributed by atoms with E-state index in [1.165, 1.54) is 0 Å². The van der Waals surface area contributed by atoms with Crippen LogP contribution in [-0.4, -0.2) is 27.7 Å². The zero-order valence-corrected chi connectivity index (χ0v) is 11.4. The van der Waals surface area contributed by atoms with Gasteiger partial charge in [0.15, 0.2) is 0 Å². The summed E-state index contributed by atoms with van der Waals surface area (Å²) in [4.78, 5) is 0.694. The van der Waals surface area contributed by atoms with E-state index in [1.54, 1.807) is 13.1 Å². The summed E-state index contributed by atoms with van der Waals surface area (Å²) in [5, 5.41) is 10.5. The minimum Gasteiger partial charge on any atom is -0.385 e. The van der Waals surface area contributed by atoms with Crippen molar-refractivity contribution in [1.29, 1.82) is 0 Å². The number of rotatable bonds is 3. The summed E-state index contributed by atoms with van der Waals surface area (Å²) in [6.07, 6.45) is 6.32. The number of aliphatic hydroxyl groups is 1. The van der Waals surface area contributed by atoms with Crippen molar-refractivity contribution in [2.75, 3.05) is 12.8 Å². The Labute approximate surface area is 109 Å². The summed E-state index contributed by atoms with van der Waals surface area (Å²) in [5.41, 5.74) is -0.981. The van der Waals surface area contributed by atoms with Gasteiger partial charge in [0.1, 0.15) is 0 Å². The van der Waals surface area contributed by atoms with Gasteiger partial charge in [-0.3, -0.25) is 0 Å². The topological polar surface area (TPSA) is 49.7 Å². The Hall–Kier alpha value is -1.13. The molecule has 1 aliphatic rings. The predicted molar refractivity (Wildman–Crippen MR) is 74.0 cm³/mol. The second-order valence-electron chi connectivity index (χ2n) is 4.68. The first-order valence-corrected chi connectivity index (χ1v) is 7.84. The lowest BCUT2D eigenvalue weighted by Crippen LogP contribution is -2.36. The van der Waals surface area contributed by atoms with Gasteiger partial charge in [0.2, 0.25) is 0 Å². The van der Waals surface area contributed by atoms with Gasteiger partial charge in [-0.2, -0.15) is 0 Å². The monoisotopic (exact) mass is 265 g/mol. The van der Waals surface area contributed by atoms with Gasteiger partial charge in [0.05, 0.1) is 21.1 Å². The van der Waals surface area contributed by atoms with Gasteiger partial charge < -0.3 is 5.11 Å². The minimum absolute atomic E-state index is 0.178.